The summed E-state index contributed by atoms with van der Waals surface area (Å²) < 4.78 is 5.80. The molecule has 2 fully saturated rings. The fraction of sp³-hybridized carbons (Fsp3) is 0.304. The van der Waals surface area contributed by atoms with Gasteiger partial charge in [-0.05, 0) is 55.3 Å². The van der Waals surface area contributed by atoms with Crippen LogP contribution in [0.3, 0.4) is 0 Å². The third-order valence-corrected chi connectivity index (χ3v) is 6.22. The second-order valence-corrected chi connectivity index (χ2v) is 8.96. The van der Waals surface area contributed by atoms with Crippen LogP contribution in [-0.4, -0.2) is 39.5 Å². The molecule has 32 heavy (non-hydrogen) atoms. The number of hydrogen-bond donors (Lipinski definition) is 0. The van der Waals surface area contributed by atoms with Crippen molar-refractivity contribution in [2.24, 2.45) is 5.92 Å². The summed E-state index contributed by atoms with van der Waals surface area (Å²) in [6, 6.07) is 14.4. The van der Waals surface area contributed by atoms with Crippen molar-refractivity contribution in [2.75, 3.05) is 11.4 Å². The number of benzene rings is 2. The molecule has 164 valence electrons. The summed E-state index contributed by atoms with van der Waals surface area (Å²) in [5, 5.41) is 9.41. The highest BCUT2D eigenvalue weighted by molar-refractivity contribution is 6.31. The van der Waals surface area contributed by atoms with Gasteiger partial charge in [0.1, 0.15) is 0 Å². The van der Waals surface area contributed by atoms with Gasteiger partial charge in [0.25, 0.3) is 0 Å². The summed E-state index contributed by atoms with van der Waals surface area (Å²) >= 11 is 12.0. The van der Waals surface area contributed by atoms with E-state index < -0.39 is 5.92 Å². The second-order valence-electron chi connectivity index (χ2n) is 8.09. The normalized spacial score (nSPS) is 18.2. The van der Waals surface area contributed by atoms with Gasteiger partial charge in [0.15, 0.2) is 0 Å². The van der Waals surface area contributed by atoms with Gasteiger partial charge in [-0.15, -0.1) is 10.2 Å². The first-order chi connectivity index (χ1) is 15.5. The van der Waals surface area contributed by atoms with Crippen molar-refractivity contribution in [2.45, 2.75) is 31.8 Å². The molecule has 9 heteroatoms. The maximum absolute atomic E-state index is 13.4. The van der Waals surface area contributed by atoms with E-state index in [0.717, 1.165) is 18.4 Å². The fourth-order valence-electron chi connectivity index (χ4n) is 3.95. The molecule has 0 bridgehead atoms. The molecule has 2 amide bonds. The van der Waals surface area contributed by atoms with E-state index in [0.29, 0.717) is 34.1 Å². The van der Waals surface area contributed by atoms with Crippen molar-refractivity contribution in [3.63, 3.8) is 0 Å². The van der Waals surface area contributed by atoms with Crippen LogP contribution < -0.4 is 4.90 Å². The average molecular weight is 471 g/mol. The molecule has 3 aromatic rings. The molecule has 0 spiro atoms. The molecule has 2 heterocycles. The molecule has 1 saturated carbocycles. The molecule has 1 aliphatic heterocycles. The molecule has 5 rings (SSSR count). The number of hydrogen-bond acceptors (Lipinski definition) is 5. The number of rotatable bonds is 6. The molecular weight excluding hydrogens is 451 g/mol. The fourth-order valence-corrected chi connectivity index (χ4v) is 4.26. The smallest absolute Gasteiger partial charge is 0.247 e. The Morgan fingerprint density at radius 1 is 1.09 bits per heavy atom. The first-order valence-electron chi connectivity index (χ1n) is 10.4. The van der Waals surface area contributed by atoms with Crippen LogP contribution in [0.5, 0.6) is 0 Å². The van der Waals surface area contributed by atoms with Crippen LogP contribution in [0.15, 0.2) is 52.9 Å². The van der Waals surface area contributed by atoms with Gasteiger partial charge in [-0.2, -0.15) is 0 Å². The highest BCUT2D eigenvalue weighted by atomic mass is 35.5. The lowest BCUT2D eigenvalue weighted by Crippen LogP contribution is -2.38. The zero-order valence-electron chi connectivity index (χ0n) is 17.1. The van der Waals surface area contributed by atoms with E-state index in [9.17, 15) is 9.59 Å². The minimum Gasteiger partial charge on any atom is -0.419 e. The lowest BCUT2D eigenvalue weighted by atomic mass is 10.1. The number of anilines is 1. The highest BCUT2D eigenvalue weighted by Gasteiger charge is 2.42. The molecule has 7 nitrogen and oxygen atoms in total. The summed E-state index contributed by atoms with van der Waals surface area (Å²) in [7, 11) is 0. The summed E-state index contributed by atoms with van der Waals surface area (Å²) in [5.74, 6) is 0.191. The van der Waals surface area contributed by atoms with E-state index in [2.05, 4.69) is 10.2 Å². The first kappa shape index (κ1) is 21.0. The van der Waals surface area contributed by atoms with Gasteiger partial charge in [-0.1, -0.05) is 29.3 Å². The van der Waals surface area contributed by atoms with E-state index >= 15 is 0 Å². The third kappa shape index (κ3) is 4.36. The molecule has 2 aliphatic rings. The lowest BCUT2D eigenvalue weighted by molar-refractivity contribution is -0.137. The Labute approximate surface area is 194 Å². The Kier molecular flexibility index (Phi) is 5.61. The number of amides is 2. The standard InChI is InChI=1S/C23H20Cl2N4O3/c24-16-6-4-14(5-7-16)22-27-26-20(32-22)13-29(18-8-9-18)23(31)15-10-21(30)28(12-15)19-3-1-2-17(25)11-19/h1-7,11,15,18H,8-10,12-13H2. The van der Waals surface area contributed by atoms with Gasteiger partial charge < -0.3 is 14.2 Å². The monoisotopic (exact) mass is 470 g/mol. The largest absolute Gasteiger partial charge is 0.419 e. The highest BCUT2D eigenvalue weighted by Crippen LogP contribution is 2.34. The molecule has 1 aliphatic carbocycles. The van der Waals surface area contributed by atoms with E-state index in [-0.39, 0.29) is 30.8 Å². The summed E-state index contributed by atoms with van der Waals surface area (Å²) in [4.78, 5) is 29.4. The van der Waals surface area contributed by atoms with Crippen LogP contribution >= 0.6 is 23.2 Å². The number of aromatic nitrogens is 2. The average Bonchev–Trinajstić information content (AvgIpc) is 3.39. The molecule has 0 N–H and O–H groups in total. The Hall–Kier alpha value is -2.90. The van der Waals surface area contributed by atoms with Crippen molar-refractivity contribution < 1.29 is 14.0 Å². The predicted octanol–water partition coefficient (Wildman–Crippen LogP) is 4.59. The Morgan fingerprint density at radius 3 is 2.59 bits per heavy atom. The van der Waals surface area contributed by atoms with Gasteiger partial charge in [-0.3, -0.25) is 9.59 Å². The minimum absolute atomic E-state index is 0.0587. The van der Waals surface area contributed by atoms with Crippen LogP contribution in [0.2, 0.25) is 10.0 Å². The topological polar surface area (TPSA) is 79.5 Å². The Balaban J connectivity index is 1.30. The van der Waals surface area contributed by atoms with Gasteiger partial charge in [-0.25, -0.2) is 0 Å². The van der Waals surface area contributed by atoms with Crippen molar-refractivity contribution in [1.29, 1.82) is 0 Å². The molecule has 1 unspecified atom stereocenters. The van der Waals surface area contributed by atoms with Crippen LogP contribution in [0.25, 0.3) is 11.5 Å². The quantitative estimate of drug-likeness (QED) is 0.526. The number of carbonyl (C=O) groups is 2. The van der Waals surface area contributed by atoms with E-state index in [1.54, 1.807) is 52.3 Å². The van der Waals surface area contributed by atoms with Crippen molar-refractivity contribution in [1.82, 2.24) is 15.1 Å². The Morgan fingerprint density at radius 2 is 1.88 bits per heavy atom. The molecule has 0 radical (unpaired) electrons. The predicted molar refractivity (Wildman–Crippen MR) is 120 cm³/mol. The molecule has 2 aromatic carbocycles. The Bertz CT molecular complexity index is 1160. The maximum atomic E-state index is 13.4. The maximum Gasteiger partial charge on any atom is 0.247 e. The second kappa shape index (κ2) is 8.56. The van der Waals surface area contributed by atoms with Gasteiger partial charge in [0.2, 0.25) is 23.6 Å². The van der Waals surface area contributed by atoms with Gasteiger partial charge in [0.05, 0.1) is 12.5 Å². The van der Waals surface area contributed by atoms with Crippen LogP contribution in [0.4, 0.5) is 5.69 Å². The van der Waals surface area contributed by atoms with E-state index in [1.165, 1.54) is 0 Å². The molecule has 1 saturated heterocycles. The SMILES string of the molecule is O=C1CC(C(=O)N(Cc2nnc(-c3ccc(Cl)cc3)o2)C2CC2)CN1c1cccc(Cl)c1. The summed E-state index contributed by atoms with van der Waals surface area (Å²) in [6.45, 7) is 0.563. The van der Waals surface area contributed by atoms with Crippen molar-refractivity contribution >= 4 is 40.7 Å². The summed E-state index contributed by atoms with van der Waals surface area (Å²) in [6.07, 6.45) is 2.04. The molecular formula is C23H20Cl2N4O3. The van der Waals surface area contributed by atoms with Crippen molar-refractivity contribution in [3.05, 3.63) is 64.5 Å². The number of halogens is 2. The third-order valence-electron chi connectivity index (χ3n) is 5.73. The zero-order chi connectivity index (χ0) is 22.2. The van der Waals surface area contributed by atoms with Gasteiger partial charge in [0, 0.05) is 40.3 Å². The molecule has 1 atom stereocenters. The van der Waals surface area contributed by atoms with Crippen molar-refractivity contribution in [3.8, 4) is 11.5 Å². The van der Waals surface area contributed by atoms with Gasteiger partial charge >= 0.3 is 0 Å². The number of carbonyl (C=O) groups excluding carboxylic acids is 2. The lowest BCUT2D eigenvalue weighted by Gasteiger charge is -2.24. The van der Waals surface area contributed by atoms with Crippen LogP contribution in [0, 0.1) is 5.92 Å². The van der Waals surface area contributed by atoms with E-state index in [4.69, 9.17) is 27.6 Å². The van der Waals surface area contributed by atoms with Crippen LogP contribution in [-0.2, 0) is 16.1 Å². The minimum atomic E-state index is -0.416. The van der Waals surface area contributed by atoms with Crippen LogP contribution in [0.1, 0.15) is 25.2 Å². The van der Waals surface area contributed by atoms with E-state index in [1.807, 2.05) is 6.07 Å². The molecule has 1 aromatic heterocycles. The zero-order valence-corrected chi connectivity index (χ0v) is 18.6. The first-order valence-corrected chi connectivity index (χ1v) is 11.2. The summed E-state index contributed by atoms with van der Waals surface area (Å²) in [5.41, 5.74) is 1.47. The number of nitrogens with zero attached hydrogens (tertiary/aromatic N) is 4.